The summed E-state index contributed by atoms with van der Waals surface area (Å²) in [7, 11) is 0. The van der Waals surface area contributed by atoms with Crippen molar-refractivity contribution in [2.45, 2.75) is 269 Å². The highest BCUT2D eigenvalue weighted by Crippen LogP contribution is 2.23. The fourth-order valence-corrected chi connectivity index (χ4v) is 7.80. The molecule has 0 bridgehead atoms. The van der Waals surface area contributed by atoms with Crippen molar-refractivity contribution in [3.8, 4) is 0 Å². The number of hydrogen-bond acceptors (Lipinski definition) is 8. The molecule has 0 aromatic heterocycles. The van der Waals surface area contributed by atoms with E-state index in [2.05, 4.69) is 31.3 Å². The van der Waals surface area contributed by atoms with Crippen LogP contribution in [0.4, 0.5) is 0 Å². The molecular weight excluding hydrogens is 731 g/mol. The lowest BCUT2D eigenvalue weighted by Crippen LogP contribution is -2.60. The number of aliphatic hydroxyl groups excluding tert-OH is 5. The van der Waals surface area contributed by atoms with Crippen molar-refractivity contribution in [2.24, 2.45) is 0 Å². The number of unbranched alkanes of at least 4 members (excludes halogenated alkanes) is 29. The molecule has 9 heteroatoms. The molecule has 6 N–H and O–H groups in total. The molecule has 1 amide bonds. The van der Waals surface area contributed by atoms with Gasteiger partial charge >= 0.3 is 0 Å². The minimum absolute atomic E-state index is 0.180. The number of hydrogen-bond donors (Lipinski definition) is 6. The van der Waals surface area contributed by atoms with Gasteiger partial charge in [0.2, 0.25) is 5.91 Å². The molecule has 0 spiro atoms. The van der Waals surface area contributed by atoms with Crippen LogP contribution in [-0.4, -0.2) is 87.5 Å². The van der Waals surface area contributed by atoms with Gasteiger partial charge in [0.15, 0.2) is 6.29 Å². The fourth-order valence-electron chi connectivity index (χ4n) is 7.80. The van der Waals surface area contributed by atoms with Gasteiger partial charge in [0.25, 0.3) is 0 Å². The molecular formula is C49H93NO8. The third-order valence-corrected chi connectivity index (χ3v) is 11.8. The van der Waals surface area contributed by atoms with Crippen molar-refractivity contribution in [3.05, 3.63) is 24.3 Å². The zero-order valence-electron chi connectivity index (χ0n) is 37.6. The van der Waals surface area contributed by atoms with Crippen LogP contribution in [0.1, 0.15) is 226 Å². The normalized spacial score (nSPS) is 21.0. The second-order valence-corrected chi connectivity index (χ2v) is 17.3. The Balaban J connectivity index is 2.07. The number of rotatable bonds is 41. The van der Waals surface area contributed by atoms with Gasteiger partial charge in [0, 0.05) is 6.42 Å². The summed E-state index contributed by atoms with van der Waals surface area (Å²) in [5.74, 6) is -0.180. The first kappa shape index (κ1) is 54.7. The van der Waals surface area contributed by atoms with Gasteiger partial charge in [0.1, 0.15) is 24.4 Å². The van der Waals surface area contributed by atoms with E-state index in [-0.39, 0.29) is 12.5 Å². The van der Waals surface area contributed by atoms with Crippen molar-refractivity contribution >= 4 is 5.91 Å². The summed E-state index contributed by atoms with van der Waals surface area (Å²) < 4.78 is 11.1. The highest BCUT2D eigenvalue weighted by molar-refractivity contribution is 5.76. The average molecular weight is 824 g/mol. The Labute approximate surface area is 356 Å². The van der Waals surface area contributed by atoms with Gasteiger partial charge in [-0.05, 0) is 44.9 Å². The number of allylic oxidation sites excluding steroid dienone is 3. The van der Waals surface area contributed by atoms with Gasteiger partial charge in [-0.2, -0.15) is 0 Å². The van der Waals surface area contributed by atoms with Crippen LogP contribution < -0.4 is 5.32 Å². The van der Waals surface area contributed by atoms with Crippen molar-refractivity contribution in [2.75, 3.05) is 13.2 Å². The second kappa shape index (κ2) is 39.8. The average Bonchev–Trinajstić information content (AvgIpc) is 3.22. The molecule has 7 unspecified atom stereocenters. The molecule has 342 valence electrons. The SMILES string of the molecule is CCCCCC/C=C/C(O)C(COC1OC(CO)C(O)C(O)C1O)NC(=O)CCCCCCCCCCCCCCCCCCC/C=C\CCCCCCCCCC. The van der Waals surface area contributed by atoms with Crippen LogP contribution in [0.2, 0.25) is 0 Å². The summed E-state index contributed by atoms with van der Waals surface area (Å²) >= 11 is 0. The minimum Gasteiger partial charge on any atom is -0.394 e. The van der Waals surface area contributed by atoms with Crippen LogP contribution >= 0.6 is 0 Å². The molecule has 1 rings (SSSR count). The van der Waals surface area contributed by atoms with Crippen molar-refractivity contribution in [1.82, 2.24) is 5.32 Å². The van der Waals surface area contributed by atoms with Crippen molar-refractivity contribution in [1.29, 1.82) is 0 Å². The smallest absolute Gasteiger partial charge is 0.220 e. The molecule has 0 aromatic carbocycles. The van der Waals surface area contributed by atoms with E-state index >= 15 is 0 Å². The fraction of sp³-hybridized carbons (Fsp3) is 0.898. The van der Waals surface area contributed by atoms with Crippen LogP contribution in [0.25, 0.3) is 0 Å². The molecule has 0 aliphatic carbocycles. The quantitative estimate of drug-likeness (QED) is 0.0264. The molecule has 0 saturated carbocycles. The third-order valence-electron chi connectivity index (χ3n) is 11.8. The Morgan fingerprint density at radius 3 is 1.41 bits per heavy atom. The monoisotopic (exact) mass is 824 g/mol. The first-order chi connectivity index (χ1) is 28.3. The lowest BCUT2D eigenvalue weighted by Gasteiger charge is -2.40. The number of carbonyl (C=O) groups is 1. The molecule has 1 fully saturated rings. The molecule has 58 heavy (non-hydrogen) atoms. The van der Waals surface area contributed by atoms with E-state index in [0.29, 0.717) is 6.42 Å². The topological polar surface area (TPSA) is 149 Å². The molecule has 0 aromatic rings. The predicted molar refractivity (Wildman–Crippen MR) is 240 cm³/mol. The van der Waals surface area contributed by atoms with E-state index in [4.69, 9.17) is 9.47 Å². The van der Waals surface area contributed by atoms with Gasteiger partial charge < -0.3 is 40.3 Å². The molecule has 1 aliphatic heterocycles. The third kappa shape index (κ3) is 29.8. The summed E-state index contributed by atoms with van der Waals surface area (Å²) in [4.78, 5) is 12.9. The molecule has 7 atom stereocenters. The highest BCUT2D eigenvalue weighted by atomic mass is 16.7. The second-order valence-electron chi connectivity index (χ2n) is 17.3. The van der Waals surface area contributed by atoms with Gasteiger partial charge in [-0.25, -0.2) is 0 Å². The Hall–Kier alpha value is -1.33. The number of carbonyl (C=O) groups excluding carboxylic acids is 1. The number of ether oxygens (including phenoxy) is 2. The maximum absolute atomic E-state index is 12.9. The van der Waals surface area contributed by atoms with Crippen molar-refractivity contribution in [3.63, 3.8) is 0 Å². The van der Waals surface area contributed by atoms with E-state index in [1.54, 1.807) is 6.08 Å². The van der Waals surface area contributed by atoms with Crippen LogP contribution in [0.15, 0.2) is 24.3 Å². The Bertz CT molecular complexity index is 961. The summed E-state index contributed by atoms with van der Waals surface area (Å²) in [5.41, 5.74) is 0. The summed E-state index contributed by atoms with van der Waals surface area (Å²) in [6.45, 7) is 3.69. The maximum atomic E-state index is 12.9. The minimum atomic E-state index is -1.56. The van der Waals surface area contributed by atoms with E-state index in [1.165, 1.54) is 161 Å². The Morgan fingerprint density at radius 1 is 0.569 bits per heavy atom. The van der Waals surface area contributed by atoms with Crippen LogP contribution in [0.5, 0.6) is 0 Å². The van der Waals surface area contributed by atoms with Crippen LogP contribution in [-0.2, 0) is 14.3 Å². The zero-order chi connectivity index (χ0) is 42.3. The summed E-state index contributed by atoms with van der Waals surface area (Å²) in [5, 5.41) is 53.8. The van der Waals surface area contributed by atoms with Crippen molar-refractivity contribution < 1.29 is 39.8 Å². The number of aliphatic hydroxyl groups is 5. The molecule has 9 nitrogen and oxygen atoms in total. The summed E-state index contributed by atoms with van der Waals surface area (Å²) in [6.07, 6.45) is 41.5. The lowest BCUT2D eigenvalue weighted by molar-refractivity contribution is -0.302. The van der Waals surface area contributed by atoms with E-state index in [9.17, 15) is 30.3 Å². The predicted octanol–water partition coefficient (Wildman–Crippen LogP) is 10.7. The molecule has 1 heterocycles. The van der Waals surface area contributed by atoms with E-state index < -0.39 is 49.5 Å². The van der Waals surface area contributed by atoms with Gasteiger partial charge in [-0.3, -0.25) is 4.79 Å². The largest absolute Gasteiger partial charge is 0.394 e. The molecule has 1 aliphatic rings. The lowest BCUT2D eigenvalue weighted by atomic mass is 9.99. The first-order valence-corrected chi connectivity index (χ1v) is 24.6. The molecule has 0 radical (unpaired) electrons. The van der Waals surface area contributed by atoms with Gasteiger partial charge in [-0.1, -0.05) is 199 Å². The zero-order valence-corrected chi connectivity index (χ0v) is 37.6. The van der Waals surface area contributed by atoms with Crippen LogP contribution in [0, 0.1) is 0 Å². The van der Waals surface area contributed by atoms with E-state index in [1.807, 2.05) is 6.08 Å². The van der Waals surface area contributed by atoms with Gasteiger partial charge in [0.05, 0.1) is 25.4 Å². The first-order valence-electron chi connectivity index (χ1n) is 24.6. The standard InChI is InChI=1S/C49H93NO8/c1-3-5-7-9-11-12-13-14-15-16-17-18-19-20-21-22-23-24-25-26-27-28-29-30-31-32-33-35-37-39-45(53)50-42(43(52)38-36-34-10-8-6-4-2)41-57-49-48(56)47(55)46(54)44(40-51)58-49/h16-17,36,38,42-44,46-49,51-52,54-56H,3-15,18-35,37,39-41H2,1-2H3,(H,50,53)/b17-16-,38-36+. The number of nitrogens with one attached hydrogen (secondary N) is 1. The highest BCUT2D eigenvalue weighted by Gasteiger charge is 2.44. The van der Waals surface area contributed by atoms with Crippen LogP contribution in [0.3, 0.4) is 0 Å². The van der Waals surface area contributed by atoms with Gasteiger partial charge in [-0.15, -0.1) is 0 Å². The maximum Gasteiger partial charge on any atom is 0.220 e. The number of amides is 1. The molecule has 1 saturated heterocycles. The summed E-state index contributed by atoms with van der Waals surface area (Å²) in [6, 6.07) is -0.798. The van der Waals surface area contributed by atoms with E-state index in [0.717, 1.165) is 44.9 Å². The Kier molecular flexibility index (Phi) is 37.5. The Morgan fingerprint density at radius 2 is 0.966 bits per heavy atom.